The van der Waals surface area contributed by atoms with Crippen LogP contribution in [0.1, 0.15) is 20.3 Å². The molecule has 1 nitrogen and oxygen atoms in total. The third-order valence-electron chi connectivity index (χ3n) is 1.74. The molecule has 0 rings (SSSR count). The van der Waals surface area contributed by atoms with Gasteiger partial charge in [0, 0.05) is 6.42 Å². The zero-order valence-electron chi connectivity index (χ0n) is 6.13. The molecule has 0 fully saturated rings. The highest BCUT2D eigenvalue weighted by Gasteiger charge is 2.06. The van der Waals surface area contributed by atoms with Crippen molar-refractivity contribution in [3.8, 4) is 0 Å². The highest BCUT2D eigenvalue weighted by Crippen LogP contribution is 2.13. The normalized spacial score (nSPS) is 16.2. The van der Waals surface area contributed by atoms with Gasteiger partial charge in [0.1, 0.15) is 6.29 Å². The second-order valence-electron chi connectivity index (χ2n) is 2.47. The maximum absolute atomic E-state index is 10.0. The first-order valence-electron chi connectivity index (χ1n) is 3.28. The molecule has 0 radical (unpaired) electrons. The number of carbonyl (C=O) groups excluding carboxylic acids is 1. The van der Waals surface area contributed by atoms with Crippen LogP contribution in [0.4, 0.5) is 0 Å². The lowest BCUT2D eigenvalue weighted by molar-refractivity contribution is -0.108. The summed E-state index contributed by atoms with van der Waals surface area (Å²) in [6.45, 7) is 7.77. The monoisotopic (exact) mass is 126 g/mol. The molecule has 0 N–H and O–H groups in total. The molecule has 52 valence electrons. The highest BCUT2D eigenvalue weighted by molar-refractivity contribution is 5.49. The van der Waals surface area contributed by atoms with Crippen molar-refractivity contribution in [1.29, 1.82) is 0 Å². The molecule has 0 aliphatic heterocycles. The van der Waals surface area contributed by atoms with Gasteiger partial charge in [-0.2, -0.15) is 0 Å². The molecule has 0 aromatic heterocycles. The lowest BCUT2D eigenvalue weighted by Crippen LogP contribution is -2.04. The van der Waals surface area contributed by atoms with Crippen molar-refractivity contribution in [3.05, 3.63) is 12.7 Å². The Kier molecular flexibility index (Phi) is 4.02. The van der Waals surface area contributed by atoms with Gasteiger partial charge in [-0.05, 0) is 11.8 Å². The zero-order valence-corrected chi connectivity index (χ0v) is 6.13. The molecule has 1 unspecified atom stereocenters. The van der Waals surface area contributed by atoms with Gasteiger partial charge in [-0.25, -0.2) is 0 Å². The maximum atomic E-state index is 10.0. The molecule has 0 heterocycles. The van der Waals surface area contributed by atoms with Gasteiger partial charge >= 0.3 is 0 Å². The lowest BCUT2D eigenvalue weighted by Gasteiger charge is -2.11. The fraction of sp³-hybridized carbons (Fsp3) is 0.625. The molecule has 1 heteroatoms. The van der Waals surface area contributed by atoms with Crippen LogP contribution in [0.3, 0.4) is 0 Å². The summed E-state index contributed by atoms with van der Waals surface area (Å²) in [7, 11) is 0. The number of hydrogen-bond acceptors (Lipinski definition) is 1. The molecular formula is C8H14O. The number of hydrogen-bond donors (Lipinski definition) is 0. The lowest BCUT2D eigenvalue weighted by atomic mass is 9.94. The summed E-state index contributed by atoms with van der Waals surface area (Å²) in [5.74, 6) is 0.898. The van der Waals surface area contributed by atoms with Crippen molar-refractivity contribution >= 4 is 6.29 Å². The summed E-state index contributed by atoms with van der Waals surface area (Å²) in [5.41, 5.74) is 0. The Hall–Kier alpha value is -0.590. The quantitative estimate of drug-likeness (QED) is 0.416. The maximum Gasteiger partial charge on any atom is 0.120 e. The summed E-state index contributed by atoms with van der Waals surface area (Å²) in [4.78, 5) is 10.0. The summed E-state index contributed by atoms with van der Waals surface area (Å²) < 4.78 is 0. The second-order valence-corrected chi connectivity index (χ2v) is 2.47. The van der Waals surface area contributed by atoms with Crippen LogP contribution in [0, 0.1) is 11.8 Å². The standard InChI is InChI=1S/C8H14O/c1-4-7(2)8(3)5-6-9/h4,6-8H,1,5H2,2-3H3/t7?,8-/m0/s1. The molecule has 0 spiro atoms. The van der Waals surface area contributed by atoms with E-state index in [4.69, 9.17) is 0 Å². The van der Waals surface area contributed by atoms with Crippen LogP contribution in [0.15, 0.2) is 12.7 Å². The Morgan fingerprint density at radius 3 is 2.44 bits per heavy atom. The molecule has 0 aliphatic rings. The smallest absolute Gasteiger partial charge is 0.120 e. The van der Waals surface area contributed by atoms with E-state index < -0.39 is 0 Å². The molecule has 0 bridgehead atoms. The van der Waals surface area contributed by atoms with E-state index in [2.05, 4.69) is 20.4 Å². The number of allylic oxidation sites excluding steroid dienone is 1. The van der Waals surface area contributed by atoms with Crippen molar-refractivity contribution in [1.82, 2.24) is 0 Å². The Morgan fingerprint density at radius 1 is 1.56 bits per heavy atom. The van der Waals surface area contributed by atoms with E-state index in [-0.39, 0.29) is 0 Å². The zero-order chi connectivity index (χ0) is 7.28. The SMILES string of the molecule is C=CC(C)[C@@H](C)CC=O. The van der Waals surface area contributed by atoms with E-state index in [1.54, 1.807) is 0 Å². The van der Waals surface area contributed by atoms with Crippen molar-refractivity contribution in [3.63, 3.8) is 0 Å². The van der Waals surface area contributed by atoms with E-state index in [9.17, 15) is 4.79 Å². The van der Waals surface area contributed by atoms with Crippen LogP contribution in [0.5, 0.6) is 0 Å². The molecule has 0 aromatic rings. The molecule has 0 saturated heterocycles. The van der Waals surface area contributed by atoms with Gasteiger partial charge in [0.15, 0.2) is 0 Å². The molecule has 0 saturated carbocycles. The number of rotatable bonds is 4. The van der Waals surface area contributed by atoms with Gasteiger partial charge in [0.2, 0.25) is 0 Å². The second kappa shape index (κ2) is 4.30. The van der Waals surface area contributed by atoms with Crippen LogP contribution in [0.2, 0.25) is 0 Å². The summed E-state index contributed by atoms with van der Waals surface area (Å²) in [6, 6.07) is 0. The van der Waals surface area contributed by atoms with E-state index in [0.29, 0.717) is 18.3 Å². The Labute approximate surface area is 56.8 Å². The average Bonchev–Trinajstić information content (AvgIpc) is 1.87. The first kappa shape index (κ1) is 8.41. The molecule has 0 aliphatic carbocycles. The molecule has 2 atom stereocenters. The van der Waals surface area contributed by atoms with Crippen LogP contribution in [0.25, 0.3) is 0 Å². The summed E-state index contributed by atoms with van der Waals surface area (Å²) in [6.07, 6.45) is 3.49. The van der Waals surface area contributed by atoms with Gasteiger partial charge in [-0.3, -0.25) is 0 Å². The fourth-order valence-corrected chi connectivity index (χ4v) is 0.599. The Morgan fingerprint density at radius 2 is 2.11 bits per heavy atom. The average molecular weight is 126 g/mol. The minimum absolute atomic E-state index is 0.444. The Balaban J connectivity index is 3.56. The first-order chi connectivity index (χ1) is 4.22. The predicted molar refractivity (Wildman–Crippen MR) is 39.2 cm³/mol. The minimum Gasteiger partial charge on any atom is -0.303 e. The topological polar surface area (TPSA) is 17.1 Å². The molecule has 0 aromatic carbocycles. The van der Waals surface area contributed by atoms with Crippen molar-refractivity contribution in [2.24, 2.45) is 11.8 Å². The molecule has 9 heavy (non-hydrogen) atoms. The van der Waals surface area contributed by atoms with Gasteiger partial charge in [-0.1, -0.05) is 19.9 Å². The van der Waals surface area contributed by atoms with Crippen molar-refractivity contribution < 1.29 is 4.79 Å². The van der Waals surface area contributed by atoms with E-state index in [0.717, 1.165) is 6.29 Å². The van der Waals surface area contributed by atoms with E-state index in [1.165, 1.54) is 0 Å². The minimum atomic E-state index is 0.444. The van der Waals surface area contributed by atoms with Gasteiger partial charge < -0.3 is 4.79 Å². The molecular weight excluding hydrogens is 112 g/mol. The van der Waals surface area contributed by atoms with Crippen LogP contribution >= 0.6 is 0 Å². The van der Waals surface area contributed by atoms with Crippen LogP contribution in [-0.4, -0.2) is 6.29 Å². The first-order valence-corrected chi connectivity index (χ1v) is 3.28. The van der Waals surface area contributed by atoms with Crippen LogP contribution < -0.4 is 0 Å². The number of aldehydes is 1. The third kappa shape index (κ3) is 3.07. The van der Waals surface area contributed by atoms with Crippen LogP contribution in [-0.2, 0) is 4.79 Å². The predicted octanol–water partition coefficient (Wildman–Crippen LogP) is 2.03. The van der Waals surface area contributed by atoms with Crippen molar-refractivity contribution in [2.75, 3.05) is 0 Å². The van der Waals surface area contributed by atoms with Gasteiger partial charge in [0.05, 0.1) is 0 Å². The summed E-state index contributed by atoms with van der Waals surface area (Å²) in [5, 5.41) is 0. The summed E-state index contributed by atoms with van der Waals surface area (Å²) >= 11 is 0. The highest BCUT2D eigenvalue weighted by atomic mass is 16.1. The molecule has 0 amide bonds. The van der Waals surface area contributed by atoms with Gasteiger partial charge in [0.25, 0.3) is 0 Å². The van der Waals surface area contributed by atoms with Gasteiger partial charge in [-0.15, -0.1) is 6.58 Å². The van der Waals surface area contributed by atoms with E-state index >= 15 is 0 Å². The fourth-order valence-electron chi connectivity index (χ4n) is 0.599. The number of carbonyl (C=O) groups is 1. The van der Waals surface area contributed by atoms with Crippen molar-refractivity contribution in [2.45, 2.75) is 20.3 Å². The largest absolute Gasteiger partial charge is 0.303 e. The van der Waals surface area contributed by atoms with E-state index in [1.807, 2.05) is 6.08 Å². The Bertz CT molecular complexity index is 96.7. The third-order valence-corrected chi connectivity index (χ3v) is 1.74.